The maximum absolute atomic E-state index is 12.7. The van der Waals surface area contributed by atoms with Crippen LogP contribution in [0.2, 0.25) is 0 Å². The minimum atomic E-state index is -1.61. The zero-order valence-corrected chi connectivity index (χ0v) is 19.0. The summed E-state index contributed by atoms with van der Waals surface area (Å²) in [4.78, 5) is 70.1. The first-order chi connectivity index (χ1) is 14.9. The molecule has 0 spiro atoms. The Balaban J connectivity index is 5.36. The van der Waals surface area contributed by atoms with E-state index >= 15 is 0 Å². The van der Waals surface area contributed by atoms with Gasteiger partial charge in [-0.1, -0.05) is 0 Å². The average Bonchev–Trinajstić information content (AvgIpc) is 2.71. The Hall–Kier alpha value is -2.52. The van der Waals surface area contributed by atoms with E-state index in [4.69, 9.17) is 21.1 Å². The second-order valence-electron chi connectivity index (χ2n) is 6.62. The molecule has 0 aliphatic carbocycles. The number of hydrogen-bond acceptors (Lipinski definition) is 9. The van der Waals surface area contributed by atoms with Crippen LogP contribution in [0.4, 0.5) is 0 Å². The Kier molecular flexibility index (Phi) is 14.1. The highest BCUT2D eigenvalue weighted by Gasteiger charge is 2.31. The SMILES string of the molecule is CSCCC(NC(=O)C(N)CCC(=O)O)C(=O)NC(CC(=O)O)C(=O)NC(CS)C(=O)O. The number of aliphatic carboxylic acids is 3. The summed E-state index contributed by atoms with van der Waals surface area (Å²) >= 11 is 5.16. The molecule has 13 nitrogen and oxygen atoms in total. The van der Waals surface area contributed by atoms with E-state index < -0.39 is 66.2 Å². The molecule has 0 aromatic rings. The first-order valence-electron chi connectivity index (χ1n) is 9.35. The Morgan fingerprint density at radius 1 is 0.844 bits per heavy atom. The third-order valence-electron chi connectivity index (χ3n) is 4.06. The van der Waals surface area contributed by atoms with Gasteiger partial charge in [-0.15, -0.1) is 0 Å². The van der Waals surface area contributed by atoms with Crippen molar-refractivity contribution in [3.63, 3.8) is 0 Å². The normalized spacial score (nSPS) is 14.3. The topological polar surface area (TPSA) is 225 Å². The largest absolute Gasteiger partial charge is 0.481 e. The van der Waals surface area contributed by atoms with Crippen molar-refractivity contribution < 1.29 is 44.1 Å². The van der Waals surface area contributed by atoms with Crippen LogP contribution in [0.3, 0.4) is 0 Å². The highest BCUT2D eigenvalue weighted by Crippen LogP contribution is 2.05. The molecule has 0 aromatic heterocycles. The molecule has 0 saturated heterocycles. The molecule has 0 heterocycles. The summed E-state index contributed by atoms with van der Waals surface area (Å²) in [5.41, 5.74) is 5.64. The van der Waals surface area contributed by atoms with Gasteiger partial charge in [0.1, 0.15) is 18.1 Å². The van der Waals surface area contributed by atoms with Crippen LogP contribution in [-0.4, -0.2) is 92.9 Å². The van der Waals surface area contributed by atoms with Crippen LogP contribution in [0, 0.1) is 0 Å². The van der Waals surface area contributed by atoms with Crippen molar-refractivity contribution in [2.75, 3.05) is 17.8 Å². The maximum Gasteiger partial charge on any atom is 0.327 e. The molecule has 8 N–H and O–H groups in total. The molecule has 3 amide bonds. The molecule has 0 aromatic carbocycles. The summed E-state index contributed by atoms with van der Waals surface area (Å²) in [6.07, 6.45) is 0.507. The molecule has 0 bridgehead atoms. The lowest BCUT2D eigenvalue weighted by molar-refractivity contribution is -0.143. The van der Waals surface area contributed by atoms with Gasteiger partial charge in [-0.2, -0.15) is 24.4 Å². The van der Waals surface area contributed by atoms with Crippen molar-refractivity contribution in [1.29, 1.82) is 0 Å². The first kappa shape index (κ1) is 29.5. The predicted molar refractivity (Wildman–Crippen MR) is 117 cm³/mol. The molecule has 4 unspecified atom stereocenters. The zero-order chi connectivity index (χ0) is 24.8. The second kappa shape index (κ2) is 15.3. The molecule has 0 rings (SSSR count). The standard InChI is InChI=1S/C17H28N4O9S2/c1-32-5-4-9(19-14(26)8(18)2-3-12(22)23)15(27)20-10(6-13(24)25)16(28)21-11(7-31)17(29)30/h8-11,31H,2-7,18H2,1H3,(H,19,26)(H,20,27)(H,21,28)(H,22,23)(H,24,25)(H,29,30). The van der Waals surface area contributed by atoms with Crippen molar-refractivity contribution in [1.82, 2.24) is 16.0 Å². The van der Waals surface area contributed by atoms with E-state index in [1.54, 1.807) is 6.26 Å². The van der Waals surface area contributed by atoms with Crippen molar-refractivity contribution >= 4 is 60.0 Å². The van der Waals surface area contributed by atoms with Crippen LogP contribution < -0.4 is 21.7 Å². The Morgan fingerprint density at radius 2 is 1.38 bits per heavy atom. The summed E-state index contributed by atoms with van der Waals surface area (Å²) in [5.74, 6) is -6.53. The Labute approximate surface area is 193 Å². The van der Waals surface area contributed by atoms with Gasteiger partial charge in [-0.25, -0.2) is 4.79 Å². The molecule has 182 valence electrons. The smallest absolute Gasteiger partial charge is 0.327 e. The first-order valence-corrected chi connectivity index (χ1v) is 11.4. The number of thioether (sulfide) groups is 1. The van der Waals surface area contributed by atoms with Gasteiger partial charge < -0.3 is 37.0 Å². The number of carboxylic acid groups (broad SMARTS) is 3. The molecule has 4 atom stereocenters. The number of carbonyl (C=O) groups excluding carboxylic acids is 3. The summed E-state index contributed by atoms with van der Waals surface area (Å²) < 4.78 is 0. The molecule has 32 heavy (non-hydrogen) atoms. The predicted octanol–water partition coefficient (Wildman–Crippen LogP) is -2.12. The molecule has 0 aliphatic rings. The third kappa shape index (κ3) is 11.8. The van der Waals surface area contributed by atoms with Crippen LogP contribution in [0.5, 0.6) is 0 Å². The average molecular weight is 497 g/mol. The van der Waals surface area contributed by atoms with Gasteiger partial charge in [0.05, 0.1) is 12.5 Å². The Morgan fingerprint density at radius 3 is 1.84 bits per heavy atom. The summed E-state index contributed by atoms with van der Waals surface area (Å²) in [7, 11) is 0. The van der Waals surface area contributed by atoms with Crippen molar-refractivity contribution in [2.45, 2.75) is 49.9 Å². The number of nitrogens with two attached hydrogens (primary N) is 1. The lowest BCUT2D eigenvalue weighted by atomic mass is 10.1. The number of thiol groups is 1. The van der Waals surface area contributed by atoms with E-state index in [1.807, 2.05) is 0 Å². The van der Waals surface area contributed by atoms with Crippen molar-refractivity contribution in [3.8, 4) is 0 Å². The van der Waals surface area contributed by atoms with Gasteiger partial charge in [-0.3, -0.25) is 24.0 Å². The quantitative estimate of drug-likeness (QED) is 0.108. The number of rotatable bonds is 16. The molecule has 0 fully saturated rings. The highest BCUT2D eigenvalue weighted by molar-refractivity contribution is 7.98. The minimum Gasteiger partial charge on any atom is -0.481 e. The van der Waals surface area contributed by atoms with Crippen molar-refractivity contribution in [3.05, 3.63) is 0 Å². The summed E-state index contributed by atoms with van der Waals surface area (Å²) in [5, 5.41) is 33.4. The van der Waals surface area contributed by atoms with Gasteiger partial charge in [0.2, 0.25) is 17.7 Å². The zero-order valence-electron chi connectivity index (χ0n) is 17.3. The van der Waals surface area contributed by atoms with Crippen LogP contribution in [0.1, 0.15) is 25.7 Å². The van der Waals surface area contributed by atoms with E-state index in [0.717, 1.165) is 0 Å². The van der Waals surface area contributed by atoms with E-state index in [0.29, 0.717) is 5.75 Å². The van der Waals surface area contributed by atoms with E-state index in [1.165, 1.54) is 11.8 Å². The number of amides is 3. The molecule has 0 radical (unpaired) electrons. The molecular weight excluding hydrogens is 468 g/mol. The fraction of sp³-hybridized carbons (Fsp3) is 0.647. The van der Waals surface area contributed by atoms with Crippen molar-refractivity contribution in [2.24, 2.45) is 5.73 Å². The monoisotopic (exact) mass is 496 g/mol. The fourth-order valence-electron chi connectivity index (χ4n) is 2.31. The summed E-state index contributed by atoms with van der Waals surface area (Å²) in [6.45, 7) is 0. The number of nitrogens with one attached hydrogen (secondary N) is 3. The minimum absolute atomic E-state index is 0.111. The van der Waals surface area contributed by atoms with Gasteiger partial charge >= 0.3 is 17.9 Å². The van der Waals surface area contributed by atoms with Gasteiger partial charge in [0.25, 0.3) is 0 Å². The van der Waals surface area contributed by atoms with Gasteiger partial charge in [-0.05, 0) is 24.9 Å². The lowest BCUT2D eigenvalue weighted by Gasteiger charge is -2.24. The van der Waals surface area contributed by atoms with Crippen LogP contribution in [0.25, 0.3) is 0 Å². The van der Waals surface area contributed by atoms with E-state index in [2.05, 4.69) is 28.6 Å². The maximum atomic E-state index is 12.7. The van der Waals surface area contributed by atoms with E-state index in [9.17, 15) is 28.8 Å². The summed E-state index contributed by atoms with van der Waals surface area (Å²) in [6, 6.07) is -5.40. The van der Waals surface area contributed by atoms with Crippen LogP contribution >= 0.6 is 24.4 Å². The lowest BCUT2D eigenvalue weighted by Crippen LogP contribution is -2.57. The molecule has 0 aliphatic heterocycles. The van der Waals surface area contributed by atoms with Gasteiger partial charge in [0.15, 0.2) is 0 Å². The Bertz CT molecular complexity index is 708. The molecule has 0 saturated carbocycles. The van der Waals surface area contributed by atoms with E-state index in [-0.39, 0.29) is 25.0 Å². The number of carbonyl (C=O) groups is 6. The molecule has 15 heteroatoms. The fourth-order valence-corrected chi connectivity index (χ4v) is 3.03. The van der Waals surface area contributed by atoms with Crippen LogP contribution in [-0.2, 0) is 28.8 Å². The van der Waals surface area contributed by atoms with Gasteiger partial charge in [0, 0.05) is 12.2 Å². The highest BCUT2D eigenvalue weighted by atomic mass is 32.2. The number of hydrogen-bond donors (Lipinski definition) is 8. The number of carboxylic acids is 3. The van der Waals surface area contributed by atoms with Crippen LogP contribution in [0.15, 0.2) is 0 Å². The third-order valence-corrected chi connectivity index (χ3v) is 5.07. The second-order valence-corrected chi connectivity index (χ2v) is 7.97. The molecular formula is C17H28N4O9S2.